The predicted molar refractivity (Wildman–Crippen MR) is 43.6 cm³/mol. The fraction of sp³-hybridized carbons (Fsp3) is 0.625. The van der Waals surface area contributed by atoms with Gasteiger partial charge in [0, 0.05) is 20.3 Å². The first-order chi connectivity index (χ1) is 5.74. The normalized spacial score (nSPS) is 11.0. The quantitative estimate of drug-likeness (QED) is 0.350. The van der Waals surface area contributed by atoms with Crippen LogP contribution < -0.4 is 0 Å². The van der Waals surface area contributed by atoms with Gasteiger partial charge in [0.15, 0.2) is 6.29 Å². The van der Waals surface area contributed by atoms with Crippen molar-refractivity contribution in [1.82, 2.24) is 0 Å². The SMILES string of the molecule is CCOC(=O)/C=C\C(OC)OC. The molecular weight excluding hydrogens is 160 g/mol. The minimum absolute atomic E-state index is 0.369. The summed E-state index contributed by atoms with van der Waals surface area (Å²) in [5.74, 6) is -0.392. The highest BCUT2D eigenvalue weighted by molar-refractivity contribution is 5.81. The number of esters is 1. The van der Waals surface area contributed by atoms with Crippen molar-refractivity contribution in [2.24, 2.45) is 0 Å². The van der Waals surface area contributed by atoms with Crippen LogP contribution in [0.5, 0.6) is 0 Å². The Kier molecular flexibility index (Phi) is 6.32. The molecule has 4 nitrogen and oxygen atoms in total. The van der Waals surface area contributed by atoms with Crippen molar-refractivity contribution in [3.05, 3.63) is 12.2 Å². The van der Waals surface area contributed by atoms with Crippen molar-refractivity contribution in [3.63, 3.8) is 0 Å². The zero-order chi connectivity index (χ0) is 9.40. The van der Waals surface area contributed by atoms with E-state index in [2.05, 4.69) is 4.74 Å². The molecule has 0 aliphatic carbocycles. The van der Waals surface area contributed by atoms with E-state index < -0.39 is 12.3 Å². The second kappa shape index (κ2) is 6.82. The molecule has 0 rings (SSSR count). The monoisotopic (exact) mass is 174 g/mol. The summed E-state index contributed by atoms with van der Waals surface area (Å²) in [7, 11) is 2.98. The van der Waals surface area contributed by atoms with Gasteiger partial charge in [-0.2, -0.15) is 0 Å². The third-order valence-electron chi connectivity index (χ3n) is 1.14. The Balaban J connectivity index is 3.78. The molecule has 0 aliphatic heterocycles. The molecule has 0 bridgehead atoms. The molecule has 0 amide bonds. The Morgan fingerprint density at radius 1 is 1.42 bits per heavy atom. The number of hydrogen-bond acceptors (Lipinski definition) is 4. The summed E-state index contributed by atoms with van der Waals surface area (Å²) in [5, 5.41) is 0. The third-order valence-corrected chi connectivity index (χ3v) is 1.14. The summed E-state index contributed by atoms with van der Waals surface area (Å²) in [6.45, 7) is 2.11. The van der Waals surface area contributed by atoms with Crippen LogP contribution in [0, 0.1) is 0 Å². The molecule has 70 valence electrons. The summed E-state index contributed by atoms with van der Waals surface area (Å²) in [6, 6.07) is 0. The lowest BCUT2D eigenvalue weighted by atomic mass is 10.5. The first-order valence-corrected chi connectivity index (χ1v) is 3.65. The van der Waals surface area contributed by atoms with E-state index in [1.807, 2.05) is 0 Å². The summed E-state index contributed by atoms with van der Waals surface area (Å²) >= 11 is 0. The molecule has 0 aromatic rings. The van der Waals surface area contributed by atoms with Gasteiger partial charge in [-0.1, -0.05) is 0 Å². The minimum atomic E-state index is -0.491. The van der Waals surface area contributed by atoms with Crippen molar-refractivity contribution in [2.75, 3.05) is 20.8 Å². The van der Waals surface area contributed by atoms with Crippen LogP contribution >= 0.6 is 0 Å². The van der Waals surface area contributed by atoms with Crippen LogP contribution in [-0.2, 0) is 19.0 Å². The fourth-order valence-corrected chi connectivity index (χ4v) is 0.601. The molecule has 0 fully saturated rings. The largest absolute Gasteiger partial charge is 0.463 e. The van der Waals surface area contributed by atoms with E-state index in [1.54, 1.807) is 6.92 Å². The summed E-state index contributed by atoms with van der Waals surface area (Å²) in [4.78, 5) is 10.8. The lowest BCUT2D eigenvalue weighted by Crippen LogP contribution is -2.10. The van der Waals surface area contributed by atoms with E-state index in [1.165, 1.54) is 26.4 Å². The van der Waals surface area contributed by atoms with E-state index in [0.717, 1.165) is 0 Å². The minimum Gasteiger partial charge on any atom is -0.463 e. The second-order valence-corrected chi connectivity index (χ2v) is 1.95. The Bertz CT molecular complexity index is 149. The molecule has 0 unspecified atom stereocenters. The van der Waals surface area contributed by atoms with Gasteiger partial charge < -0.3 is 14.2 Å². The maximum Gasteiger partial charge on any atom is 0.330 e. The van der Waals surface area contributed by atoms with Crippen LogP contribution in [0.15, 0.2) is 12.2 Å². The lowest BCUT2D eigenvalue weighted by molar-refractivity contribution is -0.137. The van der Waals surface area contributed by atoms with Crippen LogP contribution in [0.4, 0.5) is 0 Å². The van der Waals surface area contributed by atoms with Crippen LogP contribution in [0.3, 0.4) is 0 Å². The first kappa shape index (κ1) is 11.1. The molecule has 0 saturated carbocycles. The molecule has 0 aliphatic rings. The number of carbonyl (C=O) groups is 1. The molecule has 0 spiro atoms. The summed E-state index contributed by atoms with van der Waals surface area (Å²) < 4.78 is 14.3. The van der Waals surface area contributed by atoms with Crippen LogP contribution in [0.1, 0.15) is 6.92 Å². The maximum atomic E-state index is 10.8. The molecule has 0 aromatic heterocycles. The zero-order valence-electron chi connectivity index (χ0n) is 7.57. The van der Waals surface area contributed by atoms with Crippen LogP contribution in [0.2, 0.25) is 0 Å². The Morgan fingerprint density at radius 3 is 2.42 bits per heavy atom. The summed E-state index contributed by atoms with van der Waals surface area (Å²) in [6.07, 6.45) is 2.27. The van der Waals surface area contributed by atoms with Gasteiger partial charge in [-0.25, -0.2) is 4.79 Å². The van der Waals surface area contributed by atoms with Crippen molar-refractivity contribution >= 4 is 5.97 Å². The van der Waals surface area contributed by atoms with Gasteiger partial charge in [-0.3, -0.25) is 0 Å². The molecule has 12 heavy (non-hydrogen) atoms. The standard InChI is InChI=1S/C8H14O4/c1-4-12-7(9)5-6-8(10-2)11-3/h5-6,8H,4H2,1-3H3/b6-5-. The molecular formula is C8H14O4. The fourth-order valence-electron chi connectivity index (χ4n) is 0.601. The van der Waals surface area contributed by atoms with Crippen molar-refractivity contribution < 1.29 is 19.0 Å². The third kappa shape index (κ3) is 4.87. The predicted octanol–water partition coefficient (Wildman–Crippen LogP) is 0.725. The molecule has 4 heteroatoms. The highest BCUT2D eigenvalue weighted by Gasteiger charge is 2.00. The van der Waals surface area contributed by atoms with E-state index >= 15 is 0 Å². The topological polar surface area (TPSA) is 44.8 Å². The Hall–Kier alpha value is -0.870. The van der Waals surface area contributed by atoms with Crippen molar-refractivity contribution in [1.29, 1.82) is 0 Å². The molecule has 0 aromatic carbocycles. The molecule has 0 atom stereocenters. The first-order valence-electron chi connectivity index (χ1n) is 3.65. The van der Waals surface area contributed by atoms with Gasteiger partial charge in [-0.05, 0) is 13.0 Å². The van der Waals surface area contributed by atoms with Gasteiger partial charge >= 0.3 is 5.97 Å². The highest BCUT2D eigenvalue weighted by atomic mass is 16.7. The number of ether oxygens (including phenoxy) is 3. The van der Waals surface area contributed by atoms with E-state index in [4.69, 9.17) is 9.47 Å². The number of methoxy groups -OCH3 is 2. The average Bonchev–Trinajstić information content (AvgIpc) is 2.07. The number of hydrogen-bond donors (Lipinski definition) is 0. The van der Waals surface area contributed by atoms with E-state index in [0.29, 0.717) is 6.61 Å². The van der Waals surface area contributed by atoms with Gasteiger partial charge in [0.25, 0.3) is 0 Å². The Morgan fingerprint density at radius 2 is 2.00 bits per heavy atom. The molecule has 0 saturated heterocycles. The van der Waals surface area contributed by atoms with Gasteiger partial charge in [0.2, 0.25) is 0 Å². The second-order valence-electron chi connectivity index (χ2n) is 1.95. The van der Waals surface area contributed by atoms with Crippen LogP contribution in [0.25, 0.3) is 0 Å². The van der Waals surface area contributed by atoms with Gasteiger partial charge in [-0.15, -0.1) is 0 Å². The van der Waals surface area contributed by atoms with Crippen molar-refractivity contribution in [2.45, 2.75) is 13.2 Å². The summed E-state index contributed by atoms with van der Waals surface area (Å²) in [5.41, 5.74) is 0. The number of rotatable bonds is 5. The lowest BCUT2D eigenvalue weighted by Gasteiger charge is -2.06. The van der Waals surface area contributed by atoms with Gasteiger partial charge in [0.05, 0.1) is 6.61 Å². The van der Waals surface area contributed by atoms with E-state index in [9.17, 15) is 4.79 Å². The molecule has 0 N–H and O–H groups in total. The Labute approximate surface area is 72.1 Å². The van der Waals surface area contributed by atoms with Crippen LogP contribution in [-0.4, -0.2) is 33.1 Å². The zero-order valence-corrected chi connectivity index (χ0v) is 7.57. The highest BCUT2D eigenvalue weighted by Crippen LogP contribution is 1.93. The maximum absolute atomic E-state index is 10.8. The number of carbonyl (C=O) groups excluding carboxylic acids is 1. The van der Waals surface area contributed by atoms with Crippen molar-refractivity contribution in [3.8, 4) is 0 Å². The van der Waals surface area contributed by atoms with Gasteiger partial charge in [0.1, 0.15) is 0 Å². The molecule has 0 radical (unpaired) electrons. The average molecular weight is 174 g/mol. The smallest absolute Gasteiger partial charge is 0.330 e. The van der Waals surface area contributed by atoms with E-state index in [-0.39, 0.29) is 0 Å². The molecule has 0 heterocycles.